The predicted octanol–water partition coefficient (Wildman–Crippen LogP) is 3.83. The number of nitrogens with one attached hydrogen (secondary N) is 3. The fourth-order valence-corrected chi connectivity index (χ4v) is 7.14. The van der Waals surface area contributed by atoms with E-state index in [1.165, 1.54) is 0 Å². The van der Waals surface area contributed by atoms with Gasteiger partial charge in [-0.1, -0.05) is 97.1 Å². The lowest BCUT2D eigenvalue weighted by Crippen LogP contribution is -2.63. The zero-order chi connectivity index (χ0) is 34.4. The summed E-state index contributed by atoms with van der Waals surface area (Å²) in [6, 6.07) is 6.67. The Morgan fingerprint density at radius 2 is 1.64 bits per heavy atom. The number of hydrogen-bond donors (Lipinski definition) is 4. The average Bonchev–Trinajstić information content (AvgIpc) is 3.72. The highest BCUT2D eigenvalue weighted by Gasteiger charge is 2.48. The van der Waals surface area contributed by atoms with E-state index in [4.69, 9.17) is 10.5 Å². The van der Waals surface area contributed by atoms with Crippen LogP contribution < -0.4 is 21.7 Å². The maximum Gasteiger partial charge on any atom is 0.315 e. The summed E-state index contributed by atoms with van der Waals surface area (Å²) >= 11 is 0. The molecule has 4 atom stereocenters. The van der Waals surface area contributed by atoms with E-state index in [1.54, 1.807) is 4.90 Å². The van der Waals surface area contributed by atoms with E-state index in [9.17, 15) is 24.0 Å². The third-order valence-electron chi connectivity index (χ3n) is 10.1. The lowest BCUT2D eigenvalue weighted by Gasteiger charge is -2.40. The number of urea groups is 1. The highest BCUT2D eigenvalue weighted by atomic mass is 16.5. The number of hydrogen-bond acceptors (Lipinski definition) is 6. The quantitative estimate of drug-likeness (QED) is 0.223. The second-order valence-corrected chi connectivity index (χ2v) is 15.4. The Morgan fingerprint density at radius 1 is 0.979 bits per heavy atom. The van der Waals surface area contributed by atoms with Crippen LogP contribution in [0.15, 0.2) is 30.3 Å². The van der Waals surface area contributed by atoms with Gasteiger partial charge in [-0.25, -0.2) is 4.79 Å². The van der Waals surface area contributed by atoms with Crippen LogP contribution in [0.25, 0.3) is 0 Å². The second-order valence-electron chi connectivity index (χ2n) is 15.4. The maximum atomic E-state index is 14.4. The maximum absolute atomic E-state index is 14.4. The van der Waals surface area contributed by atoms with Crippen molar-refractivity contribution in [1.29, 1.82) is 0 Å². The van der Waals surface area contributed by atoms with Crippen LogP contribution in [0.3, 0.4) is 0 Å². The summed E-state index contributed by atoms with van der Waals surface area (Å²) in [7, 11) is 0. The minimum Gasteiger partial charge on any atom is -0.374 e. The summed E-state index contributed by atoms with van der Waals surface area (Å²) in [5.74, 6) is -2.56. The highest BCUT2D eigenvalue weighted by Crippen LogP contribution is 2.36. The molecule has 1 unspecified atom stereocenters. The molecule has 0 spiro atoms. The number of ketones is 1. The molecule has 1 saturated heterocycles. The van der Waals surface area contributed by atoms with Gasteiger partial charge in [0.2, 0.25) is 17.6 Å². The molecule has 0 bridgehead atoms. The summed E-state index contributed by atoms with van der Waals surface area (Å²) in [4.78, 5) is 67.9. The summed E-state index contributed by atoms with van der Waals surface area (Å²) < 4.78 is 6.11. The van der Waals surface area contributed by atoms with Gasteiger partial charge in [0.25, 0.3) is 5.91 Å². The number of ether oxygens (including phenoxy) is 1. The molecule has 1 aromatic carbocycles. The van der Waals surface area contributed by atoms with Crippen LogP contribution in [0.5, 0.6) is 0 Å². The van der Waals surface area contributed by atoms with Crippen LogP contribution in [0.2, 0.25) is 0 Å². The monoisotopic (exact) mass is 653 g/mol. The summed E-state index contributed by atoms with van der Waals surface area (Å²) in [5.41, 5.74) is 5.15. The molecule has 47 heavy (non-hydrogen) atoms. The van der Waals surface area contributed by atoms with Crippen molar-refractivity contribution >= 4 is 29.5 Å². The Bertz CT molecular complexity index is 1270. The molecule has 11 nitrogen and oxygen atoms in total. The van der Waals surface area contributed by atoms with Gasteiger partial charge in [0, 0.05) is 6.54 Å². The molecule has 4 rings (SSSR count). The molecule has 2 saturated carbocycles. The molecule has 1 aliphatic heterocycles. The lowest BCUT2D eigenvalue weighted by atomic mass is 9.82. The number of amides is 5. The first-order chi connectivity index (χ1) is 22.2. The van der Waals surface area contributed by atoms with Gasteiger partial charge in [0.15, 0.2) is 0 Å². The van der Waals surface area contributed by atoms with E-state index in [2.05, 4.69) is 16.0 Å². The van der Waals surface area contributed by atoms with Gasteiger partial charge < -0.3 is 31.3 Å². The Labute approximate surface area is 279 Å². The van der Waals surface area contributed by atoms with Gasteiger partial charge in [-0.05, 0) is 54.4 Å². The number of Topliss-reactive ketones (excluding diaryl/α,β-unsaturated/α-hetero) is 1. The minimum atomic E-state index is -1.08. The molecule has 3 fully saturated rings. The van der Waals surface area contributed by atoms with Gasteiger partial charge in [-0.3, -0.25) is 19.2 Å². The van der Waals surface area contributed by atoms with Gasteiger partial charge in [0.1, 0.15) is 12.1 Å². The first-order valence-electron chi connectivity index (χ1n) is 17.4. The number of carbonyl (C=O) groups is 5. The van der Waals surface area contributed by atoms with Crippen molar-refractivity contribution in [3.05, 3.63) is 35.9 Å². The highest BCUT2D eigenvalue weighted by molar-refractivity contribution is 6.37. The summed E-state index contributed by atoms with van der Waals surface area (Å²) in [5, 5.41) is 8.97. The Kier molecular flexibility index (Phi) is 12.1. The molecule has 5 N–H and O–H groups in total. The van der Waals surface area contributed by atoms with E-state index in [1.807, 2.05) is 65.0 Å². The van der Waals surface area contributed by atoms with Crippen LogP contribution in [0, 0.1) is 23.2 Å². The normalized spacial score (nSPS) is 22.3. The first-order valence-corrected chi connectivity index (χ1v) is 17.4. The number of nitrogens with zero attached hydrogens (tertiary/aromatic N) is 1. The van der Waals surface area contributed by atoms with Crippen molar-refractivity contribution in [2.24, 2.45) is 28.9 Å². The Morgan fingerprint density at radius 3 is 2.21 bits per heavy atom. The molecule has 1 aromatic rings. The fraction of sp³-hybridized carbons (Fsp3) is 0.694. The SMILES string of the molecule is CC(C)[C@H]1CCN(C(=O)[C@@H](NC(=O)NC2(COCc3ccccc3)CCCCC2)C(C)(C)C)[C@@H]1C(=O)NC(CC1CC1)C(=O)C(N)=O. The molecule has 0 aromatic heterocycles. The first kappa shape index (κ1) is 36.4. The van der Waals surface area contributed by atoms with E-state index in [-0.39, 0.29) is 23.7 Å². The number of primary amides is 1. The second kappa shape index (κ2) is 15.6. The molecule has 1 heterocycles. The number of likely N-dealkylation sites (tertiary alicyclic amines) is 1. The van der Waals surface area contributed by atoms with Gasteiger partial charge >= 0.3 is 6.03 Å². The smallest absolute Gasteiger partial charge is 0.315 e. The van der Waals surface area contributed by atoms with Crippen molar-refractivity contribution in [3.8, 4) is 0 Å². The van der Waals surface area contributed by atoms with Crippen LogP contribution in [-0.2, 0) is 30.5 Å². The van der Waals surface area contributed by atoms with Crippen molar-refractivity contribution in [1.82, 2.24) is 20.9 Å². The Hall–Kier alpha value is -3.47. The predicted molar refractivity (Wildman–Crippen MR) is 179 cm³/mol. The van der Waals surface area contributed by atoms with E-state index >= 15 is 0 Å². The van der Waals surface area contributed by atoms with E-state index in [0.29, 0.717) is 32.6 Å². The Balaban J connectivity index is 1.49. The van der Waals surface area contributed by atoms with E-state index < -0.39 is 52.7 Å². The van der Waals surface area contributed by atoms with Crippen molar-refractivity contribution in [2.75, 3.05) is 13.2 Å². The molecule has 0 radical (unpaired) electrons. The molecule has 3 aliphatic rings. The van der Waals surface area contributed by atoms with E-state index in [0.717, 1.165) is 50.5 Å². The number of rotatable bonds is 14. The average molecular weight is 654 g/mol. The van der Waals surface area contributed by atoms with Gasteiger partial charge in [-0.2, -0.15) is 0 Å². The number of carbonyl (C=O) groups excluding carboxylic acids is 5. The number of nitrogens with two attached hydrogens (primary N) is 1. The largest absolute Gasteiger partial charge is 0.374 e. The van der Waals surface area contributed by atoms with Crippen molar-refractivity contribution in [2.45, 2.75) is 123 Å². The zero-order valence-corrected chi connectivity index (χ0v) is 28.8. The molecule has 11 heteroatoms. The fourth-order valence-electron chi connectivity index (χ4n) is 7.14. The standard InChI is InChI=1S/C36H55N5O6/c1-23(2)26-16-19-41(28(26)32(44)38-27(20-24-14-15-24)29(42)31(37)43)33(45)30(35(3,4)5)39-34(46)40-36(17-10-7-11-18-36)22-47-21-25-12-8-6-9-13-25/h6,8-9,12-13,23-24,26-28,30H,7,10-11,14-22H2,1-5H3,(H2,37,43)(H,38,44)(H2,39,40,46)/t26-,27?,28+,30-/m1/s1. The van der Waals surface area contributed by atoms with Crippen LogP contribution in [0.1, 0.15) is 98.0 Å². The molecule has 5 amide bonds. The molecule has 260 valence electrons. The van der Waals surface area contributed by atoms with Gasteiger partial charge in [0.05, 0.1) is 24.8 Å². The van der Waals surface area contributed by atoms with Crippen molar-refractivity contribution in [3.63, 3.8) is 0 Å². The van der Waals surface area contributed by atoms with Gasteiger partial charge in [-0.15, -0.1) is 0 Å². The van der Waals surface area contributed by atoms with Crippen LogP contribution in [-0.4, -0.2) is 71.3 Å². The van der Waals surface area contributed by atoms with Crippen molar-refractivity contribution < 1.29 is 28.7 Å². The summed E-state index contributed by atoms with van der Waals surface area (Å²) in [6.07, 6.45) is 7.40. The zero-order valence-electron chi connectivity index (χ0n) is 28.8. The minimum absolute atomic E-state index is 0.0728. The molecular weight excluding hydrogens is 598 g/mol. The van der Waals surface area contributed by atoms with Crippen LogP contribution >= 0.6 is 0 Å². The number of benzene rings is 1. The third-order valence-corrected chi connectivity index (χ3v) is 10.1. The molecule has 2 aliphatic carbocycles. The summed E-state index contributed by atoms with van der Waals surface area (Å²) in [6.45, 7) is 10.8. The van der Waals surface area contributed by atoms with Crippen LogP contribution in [0.4, 0.5) is 4.79 Å². The lowest BCUT2D eigenvalue weighted by molar-refractivity contribution is -0.144. The molecular formula is C36H55N5O6. The topological polar surface area (TPSA) is 160 Å². The third kappa shape index (κ3) is 9.78.